The van der Waals surface area contributed by atoms with Gasteiger partial charge in [0.25, 0.3) is 0 Å². The van der Waals surface area contributed by atoms with Crippen LogP contribution in [0.15, 0.2) is 63.8 Å². The molecular weight excluding hydrogens is 342 g/mol. The Hall–Kier alpha value is -2.63. The lowest BCUT2D eigenvalue weighted by Crippen LogP contribution is -2.32. The van der Waals surface area contributed by atoms with Crippen molar-refractivity contribution in [1.82, 2.24) is 5.32 Å². The number of unbranched alkanes of at least 4 members (excludes halogenated alkanes) is 1. The molecule has 5 nitrogen and oxygen atoms in total. The third-order valence-electron chi connectivity index (χ3n) is 4.31. The summed E-state index contributed by atoms with van der Waals surface area (Å²) < 4.78 is 11.7. The molecule has 142 valence electrons. The molecule has 1 atom stereocenters. The van der Waals surface area contributed by atoms with Crippen LogP contribution < -0.4 is 15.5 Å². The minimum atomic E-state index is -0.612. The summed E-state index contributed by atoms with van der Waals surface area (Å²) in [5.74, 6) is 1.02. The quantitative estimate of drug-likeness (QED) is 0.566. The lowest BCUT2D eigenvalue weighted by molar-refractivity contribution is 0.107. The largest absolute Gasteiger partial charge is 0.490 e. The van der Waals surface area contributed by atoms with Gasteiger partial charge in [-0.15, -0.1) is 0 Å². The maximum absolute atomic E-state index is 12.4. The minimum Gasteiger partial charge on any atom is -0.490 e. The van der Waals surface area contributed by atoms with Crippen LogP contribution in [0, 0.1) is 0 Å². The molecule has 2 N–H and O–H groups in total. The Morgan fingerprint density at radius 3 is 2.78 bits per heavy atom. The van der Waals surface area contributed by atoms with E-state index < -0.39 is 6.10 Å². The molecule has 3 aromatic rings. The molecule has 27 heavy (non-hydrogen) atoms. The maximum atomic E-state index is 12.4. The summed E-state index contributed by atoms with van der Waals surface area (Å²) in [5, 5.41) is 13.9. The van der Waals surface area contributed by atoms with Crippen LogP contribution in [0.3, 0.4) is 0 Å². The van der Waals surface area contributed by atoms with E-state index in [9.17, 15) is 9.90 Å². The molecule has 0 amide bonds. The molecule has 0 saturated heterocycles. The number of nitrogens with one attached hydrogen (secondary N) is 1. The van der Waals surface area contributed by atoms with Crippen molar-refractivity contribution in [3.8, 4) is 17.1 Å². The molecule has 1 heterocycles. The standard InChI is InChI=1S/C22H25NO4/c1-2-3-12-23-14-16(24)15-26-20-10-6-5-9-18(20)22-13-19(25)17-8-4-7-11-21(17)27-22/h4-11,13,16,23-24H,2-3,12,14-15H2,1H3. The predicted octanol–water partition coefficient (Wildman–Crippen LogP) is 3.59. The monoisotopic (exact) mass is 367 g/mol. The van der Waals surface area contributed by atoms with Crippen LogP contribution in [0.2, 0.25) is 0 Å². The van der Waals surface area contributed by atoms with Gasteiger partial charge in [0, 0.05) is 12.6 Å². The average molecular weight is 367 g/mol. The number of fused-ring (bicyclic) bond motifs is 1. The highest BCUT2D eigenvalue weighted by Gasteiger charge is 2.13. The summed E-state index contributed by atoms with van der Waals surface area (Å²) in [4.78, 5) is 12.4. The third kappa shape index (κ3) is 4.96. The number of para-hydroxylation sites is 2. The topological polar surface area (TPSA) is 71.7 Å². The number of aliphatic hydroxyl groups excluding tert-OH is 1. The van der Waals surface area contributed by atoms with Crippen LogP contribution >= 0.6 is 0 Å². The lowest BCUT2D eigenvalue weighted by atomic mass is 10.1. The zero-order valence-electron chi connectivity index (χ0n) is 15.5. The van der Waals surface area contributed by atoms with Gasteiger partial charge in [0.1, 0.15) is 29.8 Å². The van der Waals surface area contributed by atoms with Crippen LogP contribution in [0.4, 0.5) is 0 Å². The molecule has 0 spiro atoms. The smallest absolute Gasteiger partial charge is 0.193 e. The Bertz CT molecular complexity index is 935. The van der Waals surface area contributed by atoms with Crippen LogP contribution in [0.25, 0.3) is 22.3 Å². The van der Waals surface area contributed by atoms with Gasteiger partial charge < -0.3 is 19.6 Å². The summed E-state index contributed by atoms with van der Waals surface area (Å²) in [5.41, 5.74) is 1.13. The molecule has 0 bridgehead atoms. The van der Waals surface area contributed by atoms with Gasteiger partial charge in [0.2, 0.25) is 0 Å². The Morgan fingerprint density at radius 1 is 1.15 bits per heavy atom. The number of ether oxygens (including phenoxy) is 1. The minimum absolute atomic E-state index is 0.0955. The number of rotatable bonds is 9. The number of hydrogen-bond donors (Lipinski definition) is 2. The molecule has 2 aromatic carbocycles. The van der Waals surface area contributed by atoms with Crippen LogP contribution in [-0.4, -0.2) is 30.9 Å². The van der Waals surface area contributed by atoms with Gasteiger partial charge in [0.15, 0.2) is 5.43 Å². The van der Waals surface area contributed by atoms with Crippen molar-refractivity contribution < 1.29 is 14.3 Å². The van der Waals surface area contributed by atoms with Gasteiger partial charge in [-0.3, -0.25) is 4.79 Å². The summed E-state index contributed by atoms with van der Waals surface area (Å²) >= 11 is 0. The van der Waals surface area contributed by atoms with E-state index in [1.165, 1.54) is 6.07 Å². The normalized spacial score (nSPS) is 12.2. The molecule has 3 rings (SSSR count). The number of benzene rings is 2. The predicted molar refractivity (Wildman–Crippen MR) is 107 cm³/mol. The van der Waals surface area contributed by atoms with Crippen molar-refractivity contribution in [1.29, 1.82) is 0 Å². The highest BCUT2D eigenvalue weighted by atomic mass is 16.5. The Labute approximate surface area is 158 Å². The fourth-order valence-corrected chi connectivity index (χ4v) is 2.85. The van der Waals surface area contributed by atoms with E-state index in [0.29, 0.717) is 34.6 Å². The first-order chi connectivity index (χ1) is 13.2. The SMILES string of the molecule is CCCCNCC(O)COc1ccccc1-c1cc(=O)c2ccccc2o1. The van der Waals surface area contributed by atoms with Gasteiger partial charge >= 0.3 is 0 Å². The summed E-state index contributed by atoms with van der Waals surface area (Å²) in [7, 11) is 0. The van der Waals surface area contributed by atoms with E-state index in [-0.39, 0.29) is 12.0 Å². The van der Waals surface area contributed by atoms with Crippen LogP contribution in [-0.2, 0) is 0 Å². The van der Waals surface area contributed by atoms with E-state index in [4.69, 9.17) is 9.15 Å². The number of aliphatic hydroxyl groups is 1. The van der Waals surface area contributed by atoms with Gasteiger partial charge in [0.05, 0.1) is 10.9 Å². The van der Waals surface area contributed by atoms with Crippen molar-refractivity contribution in [2.75, 3.05) is 19.7 Å². The van der Waals surface area contributed by atoms with Crippen molar-refractivity contribution >= 4 is 11.0 Å². The second-order valence-electron chi connectivity index (χ2n) is 6.49. The fourth-order valence-electron chi connectivity index (χ4n) is 2.85. The molecule has 1 aromatic heterocycles. The van der Waals surface area contributed by atoms with E-state index in [1.54, 1.807) is 12.1 Å². The number of hydrogen-bond acceptors (Lipinski definition) is 5. The first-order valence-corrected chi connectivity index (χ1v) is 9.33. The lowest BCUT2D eigenvalue weighted by Gasteiger charge is -2.15. The second-order valence-corrected chi connectivity index (χ2v) is 6.49. The third-order valence-corrected chi connectivity index (χ3v) is 4.31. The first-order valence-electron chi connectivity index (χ1n) is 9.33. The first kappa shape index (κ1) is 19.1. The van der Waals surface area contributed by atoms with E-state index >= 15 is 0 Å². The van der Waals surface area contributed by atoms with E-state index in [0.717, 1.165) is 19.4 Å². The molecule has 0 saturated carbocycles. The summed E-state index contributed by atoms with van der Waals surface area (Å²) in [6.07, 6.45) is 1.58. The second kappa shape index (κ2) is 9.35. The van der Waals surface area contributed by atoms with E-state index in [2.05, 4.69) is 12.2 Å². The highest BCUT2D eigenvalue weighted by Crippen LogP contribution is 2.30. The van der Waals surface area contributed by atoms with E-state index in [1.807, 2.05) is 36.4 Å². The molecule has 1 unspecified atom stereocenters. The van der Waals surface area contributed by atoms with Crippen molar-refractivity contribution in [2.45, 2.75) is 25.9 Å². The van der Waals surface area contributed by atoms with Gasteiger partial charge in [-0.1, -0.05) is 37.6 Å². The molecule has 5 heteroatoms. The molecule has 0 aliphatic heterocycles. The molecule has 0 aliphatic rings. The summed E-state index contributed by atoms with van der Waals surface area (Å²) in [6, 6.07) is 16.0. The Kier molecular flexibility index (Phi) is 6.63. The van der Waals surface area contributed by atoms with Gasteiger partial charge in [-0.25, -0.2) is 0 Å². The fraction of sp³-hybridized carbons (Fsp3) is 0.318. The maximum Gasteiger partial charge on any atom is 0.193 e. The van der Waals surface area contributed by atoms with Crippen molar-refractivity contribution in [2.24, 2.45) is 0 Å². The molecular formula is C22H25NO4. The Balaban J connectivity index is 1.76. The highest BCUT2D eigenvalue weighted by molar-refractivity contribution is 5.79. The zero-order chi connectivity index (χ0) is 19.1. The summed E-state index contributed by atoms with van der Waals surface area (Å²) in [6.45, 7) is 3.65. The van der Waals surface area contributed by atoms with Gasteiger partial charge in [-0.2, -0.15) is 0 Å². The van der Waals surface area contributed by atoms with Crippen molar-refractivity contribution in [3.63, 3.8) is 0 Å². The van der Waals surface area contributed by atoms with Crippen molar-refractivity contribution in [3.05, 3.63) is 64.8 Å². The molecule has 0 radical (unpaired) electrons. The Morgan fingerprint density at radius 2 is 1.93 bits per heavy atom. The van der Waals surface area contributed by atoms with Crippen LogP contribution in [0.5, 0.6) is 5.75 Å². The van der Waals surface area contributed by atoms with Crippen LogP contribution in [0.1, 0.15) is 19.8 Å². The zero-order valence-corrected chi connectivity index (χ0v) is 15.5. The van der Waals surface area contributed by atoms with Gasteiger partial charge in [-0.05, 0) is 37.2 Å². The average Bonchev–Trinajstić information content (AvgIpc) is 2.70. The molecule has 0 aliphatic carbocycles. The molecule has 0 fully saturated rings.